The second-order valence-electron chi connectivity index (χ2n) is 5.59. The zero-order valence-corrected chi connectivity index (χ0v) is 13.3. The molecule has 1 aromatic carbocycles. The standard InChI is InChI=1S/C17H30N2O/c1-4-5-6-7-8-9-10-13-20-17-14-15(19(2)3)11-12-16(17)18/h11-12,14H,4-10,13,18H2,1-3H3. The molecule has 0 unspecified atom stereocenters. The molecule has 3 nitrogen and oxygen atoms in total. The van der Waals surface area contributed by atoms with Gasteiger partial charge in [0.15, 0.2) is 0 Å². The summed E-state index contributed by atoms with van der Waals surface area (Å²) < 4.78 is 5.80. The summed E-state index contributed by atoms with van der Waals surface area (Å²) >= 11 is 0. The highest BCUT2D eigenvalue weighted by molar-refractivity contribution is 5.61. The van der Waals surface area contributed by atoms with Gasteiger partial charge in [0.2, 0.25) is 0 Å². The maximum Gasteiger partial charge on any atom is 0.144 e. The van der Waals surface area contributed by atoms with Crippen LogP contribution in [-0.2, 0) is 0 Å². The van der Waals surface area contributed by atoms with E-state index in [1.807, 2.05) is 32.3 Å². The van der Waals surface area contributed by atoms with Crippen molar-refractivity contribution in [3.05, 3.63) is 18.2 Å². The predicted octanol–water partition coefficient (Wildman–Crippen LogP) is 4.46. The van der Waals surface area contributed by atoms with Gasteiger partial charge in [-0.3, -0.25) is 0 Å². The zero-order chi connectivity index (χ0) is 14.8. The monoisotopic (exact) mass is 278 g/mol. The van der Waals surface area contributed by atoms with E-state index in [0.717, 1.165) is 30.2 Å². The lowest BCUT2D eigenvalue weighted by atomic mass is 10.1. The molecule has 20 heavy (non-hydrogen) atoms. The van der Waals surface area contributed by atoms with E-state index in [9.17, 15) is 0 Å². The zero-order valence-electron chi connectivity index (χ0n) is 13.3. The van der Waals surface area contributed by atoms with Gasteiger partial charge in [0.05, 0.1) is 12.3 Å². The first-order valence-corrected chi connectivity index (χ1v) is 7.84. The van der Waals surface area contributed by atoms with E-state index in [0.29, 0.717) is 0 Å². The van der Waals surface area contributed by atoms with Crippen LogP contribution in [0.2, 0.25) is 0 Å². The number of anilines is 2. The van der Waals surface area contributed by atoms with Crippen molar-refractivity contribution in [2.75, 3.05) is 31.3 Å². The van der Waals surface area contributed by atoms with Gasteiger partial charge in [0.1, 0.15) is 5.75 Å². The first-order chi connectivity index (χ1) is 9.65. The third-order valence-corrected chi connectivity index (χ3v) is 3.52. The maximum absolute atomic E-state index is 5.94. The molecule has 0 radical (unpaired) electrons. The maximum atomic E-state index is 5.94. The van der Waals surface area contributed by atoms with Crippen LogP contribution in [0.15, 0.2) is 18.2 Å². The lowest BCUT2D eigenvalue weighted by Gasteiger charge is -2.15. The lowest BCUT2D eigenvalue weighted by Crippen LogP contribution is -2.09. The van der Waals surface area contributed by atoms with Crippen LogP contribution in [0.5, 0.6) is 5.75 Å². The summed E-state index contributed by atoms with van der Waals surface area (Å²) in [5.41, 5.74) is 7.78. The molecular weight excluding hydrogens is 248 g/mol. The molecule has 3 heteroatoms. The first-order valence-electron chi connectivity index (χ1n) is 7.84. The molecule has 0 spiro atoms. The van der Waals surface area contributed by atoms with E-state index in [1.165, 1.54) is 38.5 Å². The van der Waals surface area contributed by atoms with Gasteiger partial charge in [-0.2, -0.15) is 0 Å². The lowest BCUT2D eigenvalue weighted by molar-refractivity contribution is 0.306. The van der Waals surface area contributed by atoms with Crippen LogP contribution in [0.1, 0.15) is 51.9 Å². The third-order valence-electron chi connectivity index (χ3n) is 3.52. The fourth-order valence-corrected chi connectivity index (χ4v) is 2.17. The molecule has 0 amide bonds. The van der Waals surface area contributed by atoms with Gasteiger partial charge in [0.25, 0.3) is 0 Å². The Morgan fingerprint density at radius 1 is 1.00 bits per heavy atom. The van der Waals surface area contributed by atoms with Crippen LogP contribution in [0.3, 0.4) is 0 Å². The van der Waals surface area contributed by atoms with Crippen LogP contribution in [-0.4, -0.2) is 20.7 Å². The second kappa shape index (κ2) is 9.51. The molecule has 0 fully saturated rings. The second-order valence-corrected chi connectivity index (χ2v) is 5.59. The number of hydrogen-bond acceptors (Lipinski definition) is 3. The van der Waals surface area contributed by atoms with Crippen molar-refractivity contribution < 1.29 is 4.74 Å². The summed E-state index contributed by atoms with van der Waals surface area (Å²) in [4.78, 5) is 2.06. The molecule has 0 saturated heterocycles. The normalized spacial score (nSPS) is 10.6. The van der Waals surface area contributed by atoms with E-state index in [2.05, 4.69) is 11.8 Å². The highest BCUT2D eigenvalue weighted by atomic mass is 16.5. The average molecular weight is 278 g/mol. The van der Waals surface area contributed by atoms with Crippen LogP contribution in [0.4, 0.5) is 11.4 Å². The van der Waals surface area contributed by atoms with Crippen molar-refractivity contribution in [2.24, 2.45) is 0 Å². The van der Waals surface area contributed by atoms with Gasteiger partial charge in [-0.05, 0) is 18.6 Å². The molecule has 0 aliphatic rings. The minimum Gasteiger partial charge on any atom is -0.491 e. The number of unbranched alkanes of at least 4 members (excludes halogenated alkanes) is 6. The fraction of sp³-hybridized carbons (Fsp3) is 0.647. The van der Waals surface area contributed by atoms with Crippen molar-refractivity contribution in [2.45, 2.75) is 51.9 Å². The molecule has 2 N–H and O–H groups in total. The van der Waals surface area contributed by atoms with Gasteiger partial charge in [-0.1, -0.05) is 45.4 Å². The van der Waals surface area contributed by atoms with Gasteiger partial charge in [-0.25, -0.2) is 0 Å². The predicted molar refractivity (Wildman–Crippen MR) is 88.7 cm³/mol. The Morgan fingerprint density at radius 2 is 1.65 bits per heavy atom. The Balaban J connectivity index is 2.23. The average Bonchev–Trinajstić information content (AvgIpc) is 2.43. The Hall–Kier alpha value is -1.38. The Kier molecular flexibility index (Phi) is 7.93. The largest absolute Gasteiger partial charge is 0.491 e. The molecule has 0 atom stereocenters. The van der Waals surface area contributed by atoms with Crippen molar-refractivity contribution in [3.8, 4) is 5.75 Å². The van der Waals surface area contributed by atoms with E-state index in [4.69, 9.17) is 10.5 Å². The smallest absolute Gasteiger partial charge is 0.144 e. The Labute approximate surface area is 124 Å². The molecule has 1 rings (SSSR count). The highest BCUT2D eigenvalue weighted by Gasteiger charge is 2.03. The number of nitrogens with two attached hydrogens (primary N) is 1. The molecule has 1 aromatic rings. The van der Waals surface area contributed by atoms with Crippen molar-refractivity contribution in [1.29, 1.82) is 0 Å². The van der Waals surface area contributed by atoms with Gasteiger partial charge >= 0.3 is 0 Å². The molecule has 0 heterocycles. The fourth-order valence-electron chi connectivity index (χ4n) is 2.17. The number of rotatable bonds is 10. The van der Waals surface area contributed by atoms with Crippen LogP contribution in [0.25, 0.3) is 0 Å². The van der Waals surface area contributed by atoms with Crippen molar-refractivity contribution >= 4 is 11.4 Å². The van der Waals surface area contributed by atoms with Crippen LogP contribution in [0, 0.1) is 0 Å². The summed E-state index contributed by atoms with van der Waals surface area (Å²) in [5, 5.41) is 0. The van der Waals surface area contributed by atoms with E-state index in [1.54, 1.807) is 0 Å². The summed E-state index contributed by atoms with van der Waals surface area (Å²) in [6, 6.07) is 5.93. The SMILES string of the molecule is CCCCCCCCCOc1cc(N(C)C)ccc1N. The van der Waals surface area contributed by atoms with Crippen LogP contribution >= 0.6 is 0 Å². The molecule has 0 aromatic heterocycles. The molecule has 114 valence electrons. The molecule has 0 aliphatic carbocycles. The third kappa shape index (κ3) is 6.18. The molecule has 0 aliphatic heterocycles. The van der Waals surface area contributed by atoms with Gasteiger partial charge < -0.3 is 15.4 Å². The van der Waals surface area contributed by atoms with Crippen molar-refractivity contribution in [1.82, 2.24) is 0 Å². The number of ether oxygens (including phenoxy) is 1. The Morgan fingerprint density at radius 3 is 2.30 bits per heavy atom. The minimum absolute atomic E-state index is 0.721. The van der Waals surface area contributed by atoms with E-state index in [-0.39, 0.29) is 0 Å². The number of benzene rings is 1. The summed E-state index contributed by atoms with van der Waals surface area (Å²) in [5.74, 6) is 0.808. The van der Waals surface area contributed by atoms with Gasteiger partial charge in [0, 0.05) is 25.8 Å². The minimum atomic E-state index is 0.721. The summed E-state index contributed by atoms with van der Waals surface area (Å²) in [7, 11) is 4.04. The molecular formula is C17H30N2O. The molecule has 0 bridgehead atoms. The van der Waals surface area contributed by atoms with E-state index >= 15 is 0 Å². The summed E-state index contributed by atoms with van der Waals surface area (Å²) in [6.45, 7) is 3.01. The van der Waals surface area contributed by atoms with E-state index < -0.39 is 0 Å². The number of hydrogen-bond donors (Lipinski definition) is 1. The first kappa shape index (κ1) is 16.7. The highest BCUT2D eigenvalue weighted by Crippen LogP contribution is 2.27. The quantitative estimate of drug-likeness (QED) is 0.507. The summed E-state index contributed by atoms with van der Waals surface area (Å²) in [6.07, 6.45) is 9.07. The topological polar surface area (TPSA) is 38.5 Å². The number of nitrogens with zero attached hydrogens (tertiary/aromatic N) is 1. The van der Waals surface area contributed by atoms with Crippen LogP contribution < -0.4 is 15.4 Å². The number of nitrogen functional groups attached to an aromatic ring is 1. The Bertz CT molecular complexity index is 377. The van der Waals surface area contributed by atoms with Gasteiger partial charge in [-0.15, -0.1) is 0 Å². The molecule has 0 saturated carbocycles. The van der Waals surface area contributed by atoms with Crippen molar-refractivity contribution in [3.63, 3.8) is 0 Å².